The van der Waals surface area contributed by atoms with Gasteiger partial charge in [-0.15, -0.1) is 0 Å². The van der Waals surface area contributed by atoms with Crippen LogP contribution in [0.15, 0.2) is 54.7 Å². The molecule has 3 aromatic rings. The van der Waals surface area contributed by atoms with Gasteiger partial charge in [-0.05, 0) is 61.2 Å². The standard InChI is InChI=1S/C21H24N2O/c1-24-18-6-4-5-16(13-18)14-23-15-20(17-9-11-22-12-10-17)19-7-2-3-8-21(19)23/h2-8,13,15,17,22H,9-12,14H2,1H3. The van der Waals surface area contributed by atoms with E-state index in [0.717, 1.165) is 25.4 Å². The fourth-order valence-electron chi connectivity index (χ4n) is 3.83. The van der Waals surface area contributed by atoms with E-state index in [1.165, 1.54) is 34.9 Å². The van der Waals surface area contributed by atoms with Gasteiger partial charge in [-0.3, -0.25) is 0 Å². The van der Waals surface area contributed by atoms with E-state index in [9.17, 15) is 0 Å². The lowest BCUT2D eigenvalue weighted by Gasteiger charge is -2.22. The number of hydrogen-bond acceptors (Lipinski definition) is 2. The molecule has 2 heterocycles. The molecule has 0 aliphatic carbocycles. The number of piperidine rings is 1. The zero-order valence-electron chi connectivity index (χ0n) is 14.2. The normalized spacial score (nSPS) is 15.7. The van der Waals surface area contributed by atoms with Gasteiger partial charge in [0.25, 0.3) is 0 Å². The first-order chi connectivity index (χ1) is 11.8. The van der Waals surface area contributed by atoms with Crippen LogP contribution < -0.4 is 10.1 Å². The molecular formula is C21H24N2O. The van der Waals surface area contributed by atoms with E-state index in [2.05, 4.69) is 58.5 Å². The molecule has 1 N–H and O–H groups in total. The molecule has 0 unspecified atom stereocenters. The van der Waals surface area contributed by atoms with Crippen LogP contribution in [0, 0.1) is 0 Å². The van der Waals surface area contributed by atoms with Crippen molar-refractivity contribution in [3.8, 4) is 5.75 Å². The fraction of sp³-hybridized carbons (Fsp3) is 0.333. The molecule has 2 aromatic carbocycles. The van der Waals surface area contributed by atoms with E-state index < -0.39 is 0 Å². The number of benzene rings is 2. The summed E-state index contributed by atoms with van der Waals surface area (Å²) in [6.07, 6.45) is 4.83. The van der Waals surface area contributed by atoms with Crippen molar-refractivity contribution in [1.82, 2.24) is 9.88 Å². The molecule has 0 amide bonds. The topological polar surface area (TPSA) is 26.2 Å². The van der Waals surface area contributed by atoms with Crippen molar-refractivity contribution in [2.45, 2.75) is 25.3 Å². The van der Waals surface area contributed by atoms with Gasteiger partial charge in [0.2, 0.25) is 0 Å². The molecule has 0 radical (unpaired) electrons. The van der Waals surface area contributed by atoms with Gasteiger partial charge >= 0.3 is 0 Å². The molecule has 1 saturated heterocycles. The molecule has 24 heavy (non-hydrogen) atoms. The summed E-state index contributed by atoms with van der Waals surface area (Å²) >= 11 is 0. The van der Waals surface area contributed by atoms with Crippen LogP contribution in [-0.4, -0.2) is 24.8 Å². The van der Waals surface area contributed by atoms with E-state index in [1.54, 1.807) is 7.11 Å². The molecule has 1 fully saturated rings. The second-order valence-corrected chi connectivity index (χ2v) is 6.61. The molecule has 0 spiro atoms. The summed E-state index contributed by atoms with van der Waals surface area (Å²) < 4.78 is 7.75. The third-order valence-corrected chi connectivity index (χ3v) is 5.09. The Labute approximate surface area is 143 Å². The fourth-order valence-corrected chi connectivity index (χ4v) is 3.83. The minimum Gasteiger partial charge on any atom is -0.497 e. The predicted octanol–water partition coefficient (Wildman–Crippen LogP) is 4.17. The minimum atomic E-state index is 0.669. The molecule has 0 bridgehead atoms. The first-order valence-corrected chi connectivity index (χ1v) is 8.76. The van der Waals surface area contributed by atoms with Crippen molar-refractivity contribution < 1.29 is 4.74 Å². The molecule has 3 nitrogen and oxygen atoms in total. The van der Waals surface area contributed by atoms with Gasteiger partial charge in [-0.25, -0.2) is 0 Å². The molecule has 4 rings (SSSR count). The van der Waals surface area contributed by atoms with E-state index in [4.69, 9.17) is 4.74 Å². The highest BCUT2D eigenvalue weighted by Gasteiger charge is 2.20. The summed E-state index contributed by atoms with van der Waals surface area (Å²) in [7, 11) is 1.72. The second-order valence-electron chi connectivity index (χ2n) is 6.61. The highest BCUT2D eigenvalue weighted by atomic mass is 16.5. The van der Waals surface area contributed by atoms with Crippen molar-refractivity contribution in [3.05, 3.63) is 65.9 Å². The van der Waals surface area contributed by atoms with E-state index in [0.29, 0.717) is 5.92 Å². The smallest absolute Gasteiger partial charge is 0.119 e. The SMILES string of the molecule is COc1cccc(Cn2cc(C3CCNCC3)c3ccccc32)c1. The van der Waals surface area contributed by atoms with Crippen LogP contribution in [0.4, 0.5) is 0 Å². The molecule has 0 atom stereocenters. The average molecular weight is 320 g/mol. The van der Waals surface area contributed by atoms with Crippen LogP contribution in [0.5, 0.6) is 5.75 Å². The quantitative estimate of drug-likeness (QED) is 0.781. The van der Waals surface area contributed by atoms with Crippen LogP contribution >= 0.6 is 0 Å². The van der Waals surface area contributed by atoms with Crippen molar-refractivity contribution in [1.29, 1.82) is 0 Å². The number of fused-ring (bicyclic) bond motifs is 1. The summed E-state index contributed by atoms with van der Waals surface area (Å²) in [5.74, 6) is 1.59. The van der Waals surface area contributed by atoms with Gasteiger partial charge in [0.05, 0.1) is 7.11 Å². The molecule has 1 aliphatic rings. The number of nitrogens with zero attached hydrogens (tertiary/aromatic N) is 1. The van der Waals surface area contributed by atoms with Crippen LogP contribution in [0.3, 0.4) is 0 Å². The number of aromatic nitrogens is 1. The summed E-state index contributed by atoms with van der Waals surface area (Å²) in [5, 5.41) is 4.88. The number of hydrogen-bond donors (Lipinski definition) is 1. The Balaban J connectivity index is 1.72. The first kappa shape index (κ1) is 15.3. The highest BCUT2D eigenvalue weighted by molar-refractivity contribution is 5.84. The first-order valence-electron chi connectivity index (χ1n) is 8.76. The lowest BCUT2D eigenvalue weighted by atomic mass is 9.90. The molecule has 1 aromatic heterocycles. The van der Waals surface area contributed by atoms with Gasteiger partial charge in [0.15, 0.2) is 0 Å². The Bertz CT molecular complexity index is 831. The summed E-state index contributed by atoms with van der Waals surface area (Å²) in [5.41, 5.74) is 4.11. The molecule has 1 aliphatic heterocycles. The van der Waals surface area contributed by atoms with Gasteiger partial charge in [0, 0.05) is 23.6 Å². The monoisotopic (exact) mass is 320 g/mol. The Morgan fingerprint density at radius 2 is 1.92 bits per heavy atom. The maximum Gasteiger partial charge on any atom is 0.119 e. The van der Waals surface area contributed by atoms with E-state index >= 15 is 0 Å². The summed E-state index contributed by atoms with van der Waals surface area (Å²) in [6.45, 7) is 3.13. The maximum absolute atomic E-state index is 5.36. The number of nitrogens with one attached hydrogen (secondary N) is 1. The van der Waals surface area contributed by atoms with E-state index in [1.807, 2.05) is 6.07 Å². The van der Waals surface area contributed by atoms with Gasteiger partial charge in [-0.1, -0.05) is 30.3 Å². The molecular weight excluding hydrogens is 296 g/mol. The van der Waals surface area contributed by atoms with Crippen LogP contribution in [0.25, 0.3) is 10.9 Å². The summed E-state index contributed by atoms with van der Waals surface area (Å²) in [4.78, 5) is 0. The zero-order chi connectivity index (χ0) is 16.4. The number of ether oxygens (including phenoxy) is 1. The molecule has 0 saturated carbocycles. The Kier molecular flexibility index (Phi) is 4.26. The highest BCUT2D eigenvalue weighted by Crippen LogP contribution is 2.33. The van der Waals surface area contributed by atoms with Crippen molar-refractivity contribution >= 4 is 10.9 Å². The third-order valence-electron chi connectivity index (χ3n) is 5.09. The average Bonchev–Trinajstić information content (AvgIpc) is 3.01. The second kappa shape index (κ2) is 6.70. The number of rotatable bonds is 4. The van der Waals surface area contributed by atoms with Crippen LogP contribution in [0.1, 0.15) is 29.9 Å². The van der Waals surface area contributed by atoms with E-state index in [-0.39, 0.29) is 0 Å². The predicted molar refractivity (Wildman–Crippen MR) is 98.9 cm³/mol. The van der Waals surface area contributed by atoms with Crippen molar-refractivity contribution in [3.63, 3.8) is 0 Å². The molecule has 3 heteroatoms. The van der Waals surface area contributed by atoms with Gasteiger partial charge in [-0.2, -0.15) is 0 Å². The number of para-hydroxylation sites is 1. The zero-order valence-corrected chi connectivity index (χ0v) is 14.2. The Hall–Kier alpha value is -2.26. The van der Waals surface area contributed by atoms with Crippen LogP contribution in [-0.2, 0) is 6.54 Å². The summed E-state index contributed by atoms with van der Waals surface area (Å²) in [6, 6.07) is 17.2. The van der Waals surface area contributed by atoms with Crippen LogP contribution in [0.2, 0.25) is 0 Å². The van der Waals surface area contributed by atoms with Crippen molar-refractivity contribution in [2.75, 3.05) is 20.2 Å². The lowest BCUT2D eigenvalue weighted by molar-refractivity contribution is 0.414. The number of methoxy groups -OCH3 is 1. The Morgan fingerprint density at radius 1 is 1.08 bits per heavy atom. The van der Waals surface area contributed by atoms with Gasteiger partial charge < -0.3 is 14.6 Å². The lowest BCUT2D eigenvalue weighted by Crippen LogP contribution is -2.26. The van der Waals surface area contributed by atoms with Crippen molar-refractivity contribution in [2.24, 2.45) is 0 Å². The third kappa shape index (κ3) is 2.92. The van der Waals surface area contributed by atoms with Gasteiger partial charge in [0.1, 0.15) is 5.75 Å². The molecule has 124 valence electrons. The Morgan fingerprint density at radius 3 is 2.75 bits per heavy atom. The maximum atomic E-state index is 5.36. The minimum absolute atomic E-state index is 0.669. The largest absolute Gasteiger partial charge is 0.497 e.